The van der Waals surface area contributed by atoms with Gasteiger partial charge in [0, 0.05) is 0 Å². The van der Waals surface area contributed by atoms with E-state index in [0.29, 0.717) is 0 Å². The quantitative estimate of drug-likeness (QED) is 0.118. The molecule has 0 aliphatic heterocycles. The van der Waals surface area contributed by atoms with Crippen molar-refractivity contribution < 1.29 is 0 Å². The van der Waals surface area contributed by atoms with Crippen LogP contribution in [0.4, 0.5) is 0 Å². The van der Waals surface area contributed by atoms with Crippen LogP contribution in [0.25, 0.3) is 0 Å². The minimum Gasteiger partial charge on any atom is -0.116 e. The summed E-state index contributed by atoms with van der Waals surface area (Å²) in [6.45, 7) is 0. The Morgan fingerprint density at radius 2 is 0.833 bits per heavy atom. The van der Waals surface area contributed by atoms with E-state index in [1.807, 2.05) is 0 Å². The first-order valence-corrected chi connectivity index (χ1v) is 19.0. The number of halogens is 1. The molecular weight excluding hydrogens is 554 g/mol. The van der Waals surface area contributed by atoms with Gasteiger partial charge in [-0.25, -0.2) is 0 Å². The van der Waals surface area contributed by atoms with Crippen molar-refractivity contribution in [2.24, 2.45) is 0 Å². The Kier molecular flexibility index (Phi) is 8.97. The van der Waals surface area contributed by atoms with Crippen molar-refractivity contribution in [1.29, 1.82) is 0 Å². The first-order valence-electron chi connectivity index (χ1n) is 12.2. The molecule has 36 heavy (non-hydrogen) atoms. The Hall–Kier alpha value is -2.34. The molecule has 0 aliphatic rings. The first kappa shape index (κ1) is 25.3. The highest BCUT2D eigenvalue weighted by atomic mass is 79.9. The molecule has 5 aromatic rings. The van der Waals surface area contributed by atoms with E-state index in [1.165, 1.54) is 43.9 Å². The summed E-state index contributed by atoms with van der Waals surface area (Å²) < 4.78 is 0. The monoisotopic (exact) mass is 581 g/mol. The molecule has 0 fully saturated rings. The number of rotatable bonds is 9. The van der Waals surface area contributed by atoms with Gasteiger partial charge in [0.1, 0.15) is 0 Å². The highest BCUT2D eigenvalue weighted by Crippen LogP contribution is 2.41. The maximum absolute atomic E-state index is 4.16. The summed E-state index contributed by atoms with van der Waals surface area (Å²) in [5.74, 6) is 0. The van der Waals surface area contributed by atoms with Gasteiger partial charge in [-0.2, -0.15) is 0 Å². The lowest BCUT2D eigenvalue weighted by Gasteiger charge is -2.26. The van der Waals surface area contributed by atoms with Gasteiger partial charge in [-0.05, 0) is 59.8 Å². The zero-order valence-electron chi connectivity index (χ0n) is 20.0. The maximum Gasteiger partial charge on any atom is 0.204 e. The summed E-state index contributed by atoms with van der Waals surface area (Å²) in [5.41, 5.74) is 0. The fourth-order valence-corrected chi connectivity index (χ4v) is 14.3. The van der Waals surface area contributed by atoms with Crippen LogP contribution in [-0.2, 0) is 0 Å². The molecule has 1 unspecified atom stereocenters. The van der Waals surface area contributed by atoms with Crippen LogP contribution in [0.1, 0.15) is 0 Å². The minimum absolute atomic E-state index is 0.420. The van der Waals surface area contributed by atoms with E-state index in [9.17, 15) is 0 Å². The Bertz CT molecular complexity index is 1310. The highest BCUT2D eigenvalue weighted by Gasteiger charge is 2.24. The molecule has 0 aliphatic carbocycles. The van der Waals surface area contributed by atoms with Crippen molar-refractivity contribution in [3.8, 4) is 0 Å². The van der Waals surface area contributed by atoms with Crippen LogP contribution in [0.5, 0.6) is 0 Å². The fourth-order valence-electron chi connectivity index (χ4n) is 4.45. The molecule has 0 bridgehead atoms. The van der Waals surface area contributed by atoms with Gasteiger partial charge in [0.25, 0.3) is 0 Å². The molecule has 0 nitrogen and oxygen atoms in total. The molecule has 0 saturated heterocycles. The third kappa shape index (κ3) is 6.13. The molecule has 0 saturated carbocycles. The summed E-state index contributed by atoms with van der Waals surface area (Å²) >= 11 is 4.16. The van der Waals surface area contributed by atoms with Gasteiger partial charge in [-0.3, -0.25) is 0 Å². The molecular formula is C32H28BrP2Si. The van der Waals surface area contributed by atoms with Gasteiger partial charge < -0.3 is 0 Å². The van der Waals surface area contributed by atoms with Gasteiger partial charge in [0.05, 0.1) is 0 Å². The summed E-state index contributed by atoms with van der Waals surface area (Å²) in [7, 11) is -1.95. The Morgan fingerprint density at radius 1 is 0.444 bits per heavy atom. The molecule has 5 aromatic carbocycles. The average molecular weight is 583 g/mol. The van der Waals surface area contributed by atoms with Crippen LogP contribution < -0.4 is 31.6 Å². The average Bonchev–Trinajstić information content (AvgIpc) is 2.97. The summed E-state index contributed by atoms with van der Waals surface area (Å²) in [5, 5.41) is 8.78. The fraction of sp³-hybridized carbons (Fsp3) is 0.0625. The van der Waals surface area contributed by atoms with Crippen molar-refractivity contribution in [3.63, 3.8) is 0 Å². The van der Waals surface area contributed by atoms with Gasteiger partial charge in [-0.15, -0.1) is 15.3 Å². The zero-order valence-corrected chi connectivity index (χ0v) is 24.4. The van der Waals surface area contributed by atoms with Gasteiger partial charge in [0.15, 0.2) is 0 Å². The van der Waals surface area contributed by atoms with E-state index in [-0.39, 0.29) is 0 Å². The van der Waals surface area contributed by atoms with Gasteiger partial charge in [0.2, 0.25) is 7.42 Å². The standard InChI is InChI=1S/C32H28BrP2Si/c33-36(30-21-11-4-12-22-30)32-24-14-13-23-31(32)35(29-19-9-3-10-20-29)26-25-34(27-15-5-1-6-16-27)28-17-7-2-8-18-28/h1-24H,25-26H2. The van der Waals surface area contributed by atoms with E-state index in [2.05, 4.69) is 161 Å². The largest absolute Gasteiger partial charge is 0.204 e. The lowest BCUT2D eigenvalue weighted by molar-refractivity contribution is 1.51. The van der Waals surface area contributed by atoms with Gasteiger partial charge in [-0.1, -0.05) is 146 Å². The molecule has 0 heterocycles. The minimum atomic E-state index is -1.03. The normalized spacial score (nSPS) is 12.1. The Balaban J connectivity index is 1.52. The molecule has 1 radical (unpaired) electrons. The van der Waals surface area contributed by atoms with Crippen molar-refractivity contribution in [2.75, 3.05) is 12.3 Å². The molecule has 0 aromatic heterocycles. The van der Waals surface area contributed by atoms with Gasteiger partial charge >= 0.3 is 0 Å². The third-order valence-electron chi connectivity index (χ3n) is 6.21. The second-order valence-corrected chi connectivity index (χ2v) is 17.3. The third-order valence-corrected chi connectivity index (χ3v) is 16.3. The number of benzene rings is 5. The predicted octanol–water partition coefficient (Wildman–Crippen LogP) is 5.75. The smallest absolute Gasteiger partial charge is 0.116 e. The predicted molar refractivity (Wildman–Crippen MR) is 168 cm³/mol. The van der Waals surface area contributed by atoms with Crippen molar-refractivity contribution >= 4 is 70.1 Å². The van der Waals surface area contributed by atoms with Crippen LogP contribution in [0.15, 0.2) is 146 Å². The Morgan fingerprint density at radius 3 is 1.36 bits per heavy atom. The SMILES string of the molecule is Br[Si](c1ccccc1)c1ccccc1P(CCP(c1ccccc1)c1ccccc1)c1ccccc1. The van der Waals surface area contributed by atoms with Crippen LogP contribution >= 0.6 is 31.1 Å². The maximum atomic E-state index is 4.16. The van der Waals surface area contributed by atoms with E-state index in [0.717, 1.165) is 0 Å². The lowest BCUT2D eigenvalue weighted by Crippen LogP contribution is -2.45. The number of hydrogen-bond acceptors (Lipinski definition) is 0. The van der Waals surface area contributed by atoms with E-state index < -0.39 is 23.3 Å². The molecule has 0 N–H and O–H groups in total. The van der Waals surface area contributed by atoms with E-state index >= 15 is 0 Å². The van der Waals surface area contributed by atoms with Crippen LogP contribution in [0, 0.1) is 0 Å². The van der Waals surface area contributed by atoms with E-state index in [4.69, 9.17) is 0 Å². The topological polar surface area (TPSA) is 0 Å². The van der Waals surface area contributed by atoms with Crippen LogP contribution in [0.2, 0.25) is 0 Å². The summed E-state index contributed by atoms with van der Waals surface area (Å²) in [6, 6.07) is 53.5. The number of hydrogen-bond donors (Lipinski definition) is 0. The summed E-state index contributed by atoms with van der Waals surface area (Å²) in [6.07, 6.45) is 2.34. The Labute approximate surface area is 227 Å². The first-order chi connectivity index (χ1) is 17.8. The van der Waals surface area contributed by atoms with Crippen LogP contribution in [-0.4, -0.2) is 19.7 Å². The second-order valence-electron chi connectivity index (χ2n) is 8.51. The molecule has 0 spiro atoms. The highest BCUT2D eigenvalue weighted by molar-refractivity contribution is 9.25. The lowest BCUT2D eigenvalue weighted by atomic mass is 10.4. The zero-order chi connectivity index (χ0) is 24.6. The van der Waals surface area contributed by atoms with Crippen molar-refractivity contribution in [3.05, 3.63) is 146 Å². The van der Waals surface area contributed by atoms with Crippen molar-refractivity contribution in [2.45, 2.75) is 0 Å². The molecule has 177 valence electrons. The summed E-state index contributed by atoms with van der Waals surface area (Å²) in [4.78, 5) is 0. The second kappa shape index (κ2) is 12.8. The molecule has 0 amide bonds. The van der Waals surface area contributed by atoms with E-state index in [1.54, 1.807) is 0 Å². The molecule has 5 rings (SSSR count). The van der Waals surface area contributed by atoms with Crippen molar-refractivity contribution in [1.82, 2.24) is 0 Å². The van der Waals surface area contributed by atoms with Crippen LogP contribution in [0.3, 0.4) is 0 Å². The molecule has 1 atom stereocenters. The molecule has 4 heteroatoms.